The van der Waals surface area contributed by atoms with Crippen LogP contribution in [0.3, 0.4) is 0 Å². The Hall–Kier alpha value is -2.62. The minimum Gasteiger partial charge on any atom is -0.385 e. The number of anilines is 1. The van der Waals surface area contributed by atoms with E-state index < -0.39 is 5.60 Å². The lowest BCUT2D eigenvalue weighted by molar-refractivity contribution is 0.0826. The molecule has 9 heteroatoms. The normalized spacial score (nSPS) is 18.1. The fourth-order valence-corrected chi connectivity index (χ4v) is 4.72. The summed E-state index contributed by atoms with van der Waals surface area (Å²) in [5.74, 6) is 1.39. The third kappa shape index (κ3) is 3.15. The van der Waals surface area contributed by atoms with Crippen LogP contribution in [0.4, 0.5) is 5.82 Å². The van der Waals surface area contributed by atoms with Crippen LogP contribution in [-0.4, -0.2) is 56.1 Å². The van der Waals surface area contributed by atoms with E-state index in [1.165, 1.54) is 11.3 Å². The topological polar surface area (TPSA) is 100 Å². The van der Waals surface area contributed by atoms with Gasteiger partial charge in [0.15, 0.2) is 11.6 Å². The molecular formula is C20H22N6O2S. The second-order valence-electron chi connectivity index (χ2n) is 7.87. The number of nitrogens with zero attached hydrogens (tertiary/aromatic N) is 5. The highest BCUT2D eigenvalue weighted by atomic mass is 32.1. The molecule has 0 amide bonds. The van der Waals surface area contributed by atoms with Crippen molar-refractivity contribution in [3.63, 3.8) is 0 Å². The summed E-state index contributed by atoms with van der Waals surface area (Å²) in [7, 11) is 0. The Balaban J connectivity index is 1.76. The zero-order valence-electron chi connectivity index (χ0n) is 16.5. The summed E-state index contributed by atoms with van der Waals surface area (Å²) < 4.78 is 6.59. The zero-order valence-corrected chi connectivity index (χ0v) is 17.3. The van der Waals surface area contributed by atoms with Gasteiger partial charge in [-0.3, -0.25) is 0 Å². The van der Waals surface area contributed by atoms with Crippen LogP contribution >= 0.6 is 11.3 Å². The lowest BCUT2D eigenvalue weighted by Gasteiger charge is -2.34. The first-order valence-electron chi connectivity index (χ1n) is 9.60. The summed E-state index contributed by atoms with van der Waals surface area (Å²) in [4.78, 5) is 16.0. The smallest absolute Gasteiger partial charge is 0.183 e. The van der Waals surface area contributed by atoms with E-state index >= 15 is 0 Å². The third-order valence-corrected chi connectivity index (χ3v) is 6.62. The molecule has 5 rings (SSSR count). The standard InChI is InChI=1S/C20H22N6O2S/c1-11-10-28-7-6-26(11)19-17-13(8-15(29-17)20(2,3)27)23-18(24-19)16-12-4-5-21-14(12)9-22-25-16/h4-5,8-9,11,21,27H,6-7,10H2,1-3H3/t11-/m1/s1. The Labute approximate surface area is 171 Å². The molecule has 4 aromatic heterocycles. The number of H-pyrrole nitrogens is 1. The molecule has 0 radical (unpaired) electrons. The molecule has 0 unspecified atom stereocenters. The summed E-state index contributed by atoms with van der Waals surface area (Å²) in [5.41, 5.74) is 1.39. The number of ether oxygens (including phenoxy) is 1. The van der Waals surface area contributed by atoms with E-state index in [-0.39, 0.29) is 6.04 Å². The van der Waals surface area contributed by atoms with Gasteiger partial charge in [-0.15, -0.1) is 16.4 Å². The average Bonchev–Trinajstić information content (AvgIpc) is 3.34. The molecule has 5 heterocycles. The van der Waals surface area contributed by atoms with Gasteiger partial charge in [0.2, 0.25) is 0 Å². The quantitative estimate of drug-likeness (QED) is 0.535. The van der Waals surface area contributed by atoms with Crippen LogP contribution in [0.5, 0.6) is 0 Å². The predicted octanol–water partition coefficient (Wildman–Crippen LogP) is 3.08. The Kier molecular flexibility index (Phi) is 4.27. The van der Waals surface area contributed by atoms with Crippen LogP contribution in [0.15, 0.2) is 24.5 Å². The Bertz CT molecular complexity index is 1190. The molecule has 0 aromatic carbocycles. The lowest BCUT2D eigenvalue weighted by atomic mass is 10.1. The molecule has 8 nitrogen and oxygen atoms in total. The second-order valence-corrected chi connectivity index (χ2v) is 8.92. The highest BCUT2D eigenvalue weighted by Gasteiger charge is 2.27. The second kappa shape index (κ2) is 6.72. The van der Waals surface area contributed by atoms with Crippen LogP contribution in [0.2, 0.25) is 0 Å². The number of thiophene rings is 1. The van der Waals surface area contributed by atoms with E-state index in [1.807, 2.05) is 18.3 Å². The van der Waals surface area contributed by atoms with Gasteiger partial charge in [0.05, 0.1) is 46.8 Å². The Morgan fingerprint density at radius 2 is 2.21 bits per heavy atom. The highest BCUT2D eigenvalue weighted by molar-refractivity contribution is 7.19. The number of aromatic nitrogens is 5. The van der Waals surface area contributed by atoms with Crippen molar-refractivity contribution < 1.29 is 9.84 Å². The predicted molar refractivity (Wildman–Crippen MR) is 113 cm³/mol. The molecule has 1 fully saturated rings. The molecule has 0 aliphatic carbocycles. The molecule has 1 aliphatic heterocycles. The average molecular weight is 411 g/mol. The summed E-state index contributed by atoms with van der Waals surface area (Å²) in [5, 5.41) is 19.9. The van der Waals surface area contributed by atoms with E-state index in [9.17, 15) is 5.11 Å². The van der Waals surface area contributed by atoms with Crippen molar-refractivity contribution >= 4 is 38.3 Å². The number of hydrogen-bond donors (Lipinski definition) is 2. The van der Waals surface area contributed by atoms with E-state index in [0.29, 0.717) is 24.7 Å². The monoisotopic (exact) mass is 410 g/mol. The van der Waals surface area contributed by atoms with E-state index in [4.69, 9.17) is 14.7 Å². The first-order valence-corrected chi connectivity index (χ1v) is 10.4. The highest BCUT2D eigenvalue weighted by Crippen LogP contribution is 2.39. The SMILES string of the molecule is C[C@@H]1COCCN1c1nc(-c2nncc3[nH]ccc23)nc2cc(C(C)(C)O)sc12. The molecular weight excluding hydrogens is 388 g/mol. The molecule has 1 atom stereocenters. The van der Waals surface area contributed by atoms with Crippen molar-refractivity contribution in [3.05, 3.63) is 29.4 Å². The van der Waals surface area contributed by atoms with Gasteiger partial charge in [0.25, 0.3) is 0 Å². The zero-order chi connectivity index (χ0) is 20.2. The summed E-state index contributed by atoms with van der Waals surface area (Å²) >= 11 is 1.54. The van der Waals surface area contributed by atoms with Crippen LogP contribution in [0.1, 0.15) is 25.6 Å². The van der Waals surface area contributed by atoms with Gasteiger partial charge in [-0.05, 0) is 32.9 Å². The van der Waals surface area contributed by atoms with Gasteiger partial charge in [-0.25, -0.2) is 9.97 Å². The summed E-state index contributed by atoms with van der Waals surface area (Å²) in [6, 6.07) is 4.10. The minimum atomic E-state index is -0.945. The fourth-order valence-electron chi connectivity index (χ4n) is 3.62. The molecule has 29 heavy (non-hydrogen) atoms. The lowest BCUT2D eigenvalue weighted by Crippen LogP contribution is -2.44. The maximum Gasteiger partial charge on any atom is 0.183 e. The first kappa shape index (κ1) is 18.4. The third-order valence-electron chi connectivity index (χ3n) is 5.19. The fraction of sp³-hybridized carbons (Fsp3) is 0.400. The molecule has 0 spiro atoms. The Morgan fingerprint density at radius 3 is 3.00 bits per heavy atom. The molecule has 0 saturated carbocycles. The van der Waals surface area contributed by atoms with Crippen LogP contribution < -0.4 is 4.90 Å². The maximum absolute atomic E-state index is 10.5. The molecule has 0 bridgehead atoms. The number of morpholine rings is 1. The first-order chi connectivity index (χ1) is 13.9. The van der Waals surface area contributed by atoms with Crippen LogP contribution in [0.25, 0.3) is 32.6 Å². The van der Waals surface area contributed by atoms with Crippen molar-refractivity contribution in [1.82, 2.24) is 25.1 Å². The number of aromatic amines is 1. The molecule has 1 saturated heterocycles. The number of hydrogen-bond acceptors (Lipinski definition) is 8. The van der Waals surface area contributed by atoms with Crippen molar-refractivity contribution in [2.75, 3.05) is 24.7 Å². The largest absolute Gasteiger partial charge is 0.385 e. The maximum atomic E-state index is 10.5. The number of fused-ring (bicyclic) bond motifs is 2. The number of nitrogens with one attached hydrogen (secondary N) is 1. The van der Waals surface area contributed by atoms with Gasteiger partial charge in [-0.1, -0.05) is 0 Å². The van der Waals surface area contributed by atoms with Crippen molar-refractivity contribution in [3.8, 4) is 11.5 Å². The van der Waals surface area contributed by atoms with Gasteiger partial charge in [-0.2, -0.15) is 5.10 Å². The van der Waals surface area contributed by atoms with Gasteiger partial charge in [0, 0.05) is 23.0 Å². The molecule has 150 valence electrons. The van der Waals surface area contributed by atoms with Crippen LogP contribution in [-0.2, 0) is 10.3 Å². The van der Waals surface area contributed by atoms with Crippen molar-refractivity contribution in [2.24, 2.45) is 0 Å². The number of rotatable bonds is 3. The van der Waals surface area contributed by atoms with Gasteiger partial charge < -0.3 is 19.7 Å². The van der Waals surface area contributed by atoms with Gasteiger partial charge >= 0.3 is 0 Å². The minimum absolute atomic E-state index is 0.191. The Morgan fingerprint density at radius 1 is 1.34 bits per heavy atom. The van der Waals surface area contributed by atoms with Crippen molar-refractivity contribution in [1.29, 1.82) is 0 Å². The molecule has 4 aromatic rings. The number of aliphatic hydroxyl groups is 1. The molecule has 2 N–H and O–H groups in total. The molecule has 1 aliphatic rings. The summed E-state index contributed by atoms with van der Waals surface area (Å²) in [6.07, 6.45) is 3.55. The van der Waals surface area contributed by atoms with E-state index in [2.05, 4.69) is 27.0 Å². The van der Waals surface area contributed by atoms with Crippen molar-refractivity contribution in [2.45, 2.75) is 32.4 Å². The van der Waals surface area contributed by atoms with E-state index in [1.54, 1.807) is 20.0 Å². The van der Waals surface area contributed by atoms with E-state index in [0.717, 1.165) is 38.4 Å². The van der Waals surface area contributed by atoms with Gasteiger partial charge in [0.1, 0.15) is 5.69 Å². The van der Waals surface area contributed by atoms with Crippen LogP contribution in [0, 0.1) is 0 Å². The summed E-state index contributed by atoms with van der Waals surface area (Å²) in [6.45, 7) is 7.76.